The molecular formula is C14H22ClF2N3O2. The highest BCUT2D eigenvalue weighted by atomic mass is 35.5. The van der Waals surface area contributed by atoms with E-state index in [1.807, 2.05) is 0 Å². The summed E-state index contributed by atoms with van der Waals surface area (Å²) in [6.07, 6.45) is 2.45. The van der Waals surface area contributed by atoms with Crippen molar-refractivity contribution in [3.8, 4) is 0 Å². The van der Waals surface area contributed by atoms with Gasteiger partial charge in [-0.25, -0.2) is 0 Å². The first-order valence-electron chi connectivity index (χ1n) is 7.70. The van der Waals surface area contributed by atoms with Crippen molar-refractivity contribution in [3.05, 3.63) is 0 Å². The molecule has 1 N–H and O–H groups in total. The average molecular weight is 338 g/mol. The monoisotopic (exact) mass is 337 g/mol. The molecule has 0 bridgehead atoms. The van der Waals surface area contributed by atoms with E-state index in [4.69, 9.17) is 0 Å². The summed E-state index contributed by atoms with van der Waals surface area (Å²) >= 11 is 0. The minimum absolute atomic E-state index is 0. The van der Waals surface area contributed by atoms with Crippen LogP contribution in [0, 0.1) is 5.41 Å². The molecule has 3 aliphatic heterocycles. The molecule has 0 aliphatic carbocycles. The molecule has 3 rings (SSSR count). The van der Waals surface area contributed by atoms with E-state index in [1.165, 1.54) is 0 Å². The maximum Gasteiger partial charge on any atom is 0.167 e. The Labute approximate surface area is 134 Å². The van der Waals surface area contributed by atoms with Gasteiger partial charge < -0.3 is 5.32 Å². The minimum Gasteiger partial charge on any atom is -0.315 e. The standard InChI is InChI=1S/C14H21F2N3O2.ClH/c15-18-7-1-3-10(18)12(20)14(5-6-17-9-14)13(21)11-4-2-8-19(11)16;/h10-11,17H,1-9H2;1H/t10-,11-;/m0./s1. The Morgan fingerprint density at radius 2 is 1.50 bits per heavy atom. The number of Topliss-reactive ketones (excluding diaryl/α,β-unsaturated/α-hetero) is 2. The summed E-state index contributed by atoms with van der Waals surface area (Å²) in [6.45, 7) is 1.20. The third kappa shape index (κ3) is 2.79. The van der Waals surface area contributed by atoms with Crippen molar-refractivity contribution in [1.82, 2.24) is 15.6 Å². The smallest absolute Gasteiger partial charge is 0.167 e. The van der Waals surface area contributed by atoms with Gasteiger partial charge in [0.2, 0.25) is 0 Å². The van der Waals surface area contributed by atoms with E-state index in [0.717, 1.165) is 0 Å². The maximum absolute atomic E-state index is 13.8. The molecule has 0 radical (unpaired) electrons. The van der Waals surface area contributed by atoms with Gasteiger partial charge in [-0.1, -0.05) is 0 Å². The zero-order valence-corrected chi connectivity index (χ0v) is 13.2. The SMILES string of the molecule is Cl.O=C([C@@H]1CCCN1F)C1(C(=O)[C@@H]2CCCN2F)CCNC1. The molecule has 8 heteroatoms. The second-order valence-electron chi connectivity index (χ2n) is 6.30. The Hall–Kier alpha value is -0.630. The fourth-order valence-electron chi connectivity index (χ4n) is 3.85. The summed E-state index contributed by atoms with van der Waals surface area (Å²) in [7, 11) is 0. The molecule has 0 aromatic rings. The van der Waals surface area contributed by atoms with Crippen molar-refractivity contribution in [3.63, 3.8) is 0 Å². The number of nitrogens with zero attached hydrogens (tertiary/aromatic N) is 2. The van der Waals surface area contributed by atoms with Crippen LogP contribution < -0.4 is 5.32 Å². The topological polar surface area (TPSA) is 52.7 Å². The lowest BCUT2D eigenvalue weighted by molar-refractivity contribution is -0.151. The van der Waals surface area contributed by atoms with Crippen LogP contribution in [0.25, 0.3) is 0 Å². The number of carbonyl (C=O) groups excluding carboxylic acids is 2. The highest BCUT2D eigenvalue weighted by Crippen LogP contribution is 2.37. The second kappa shape index (κ2) is 6.86. The van der Waals surface area contributed by atoms with Crippen LogP contribution in [-0.4, -0.2) is 60.1 Å². The highest BCUT2D eigenvalue weighted by molar-refractivity contribution is 6.11. The lowest BCUT2D eigenvalue weighted by Gasteiger charge is -2.32. The zero-order valence-electron chi connectivity index (χ0n) is 12.4. The van der Waals surface area contributed by atoms with E-state index in [0.29, 0.717) is 48.9 Å². The summed E-state index contributed by atoms with van der Waals surface area (Å²) in [5.74, 6) is -0.726. The van der Waals surface area contributed by atoms with Gasteiger partial charge in [0.15, 0.2) is 11.6 Å². The molecule has 0 saturated carbocycles. The number of rotatable bonds is 4. The van der Waals surface area contributed by atoms with Crippen LogP contribution in [0.15, 0.2) is 0 Å². The summed E-state index contributed by atoms with van der Waals surface area (Å²) < 4.78 is 27.6. The van der Waals surface area contributed by atoms with Crippen LogP contribution in [0.1, 0.15) is 32.1 Å². The Bertz CT molecular complexity index is 412. The Morgan fingerprint density at radius 3 is 1.82 bits per heavy atom. The van der Waals surface area contributed by atoms with Crippen molar-refractivity contribution in [2.75, 3.05) is 26.2 Å². The molecule has 0 aromatic carbocycles. The van der Waals surface area contributed by atoms with E-state index >= 15 is 0 Å². The lowest BCUT2D eigenvalue weighted by Crippen LogP contribution is -2.53. The van der Waals surface area contributed by atoms with Gasteiger partial charge in [0.05, 0.1) is 12.1 Å². The molecule has 0 unspecified atom stereocenters. The number of hydrogen-bond acceptors (Lipinski definition) is 5. The van der Waals surface area contributed by atoms with Gasteiger partial charge in [0.25, 0.3) is 0 Å². The number of carbonyl (C=O) groups is 2. The first-order valence-corrected chi connectivity index (χ1v) is 7.70. The molecule has 22 heavy (non-hydrogen) atoms. The fourth-order valence-corrected chi connectivity index (χ4v) is 3.85. The van der Waals surface area contributed by atoms with Crippen molar-refractivity contribution in [1.29, 1.82) is 0 Å². The second-order valence-corrected chi connectivity index (χ2v) is 6.30. The maximum atomic E-state index is 13.8. The van der Waals surface area contributed by atoms with E-state index < -0.39 is 17.5 Å². The van der Waals surface area contributed by atoms with Crippen LogP contribution in [0.2, 0.25) is 0 Å². The number of nitrogens with one attached hydrogen (secondary N) is 1. The van der Waals surface area contributed by atoms with E-state index in [9.17, 15) is 18.6 Å². The predicted molar refractivity (Wildman–Crippen MR) is 78.9 cm³/mol. The van der Waals surface area contributed by atoms with Crippen LogP contribution in [0.4, 0.5) is 8.96 Å². The summed E-state index contributed by atoms with van der Waals surface area (Å²) in [6, 6.07) is -1.69. The quantitative estimate of drug-likeness (QED) is 0.617. The highest BCUT2D eigenvalue weighted by Gasteiger charge is 2.55. The fraction of sp³-hybridized carbons (Fsp3) is 0.857. The van der Waals surface area contributed by atoms with E-state index in [1.54, 1.807) is 0 Å². The van der Waals surface area contributed by atoms with Gasteiger partial charge in [0, 0.05) is 19.6 Å². The van der Waals surface area contributed by atoms with E-state index in [-0.39, 0.29) is 43.6 Å². The molecule has 5 nitrogen and oxygen atoms in total. The lowest BCUT2D eigenvalue weighted by atomic mass is 9.73. The normalized spacial score (nSPS) is 32.1. The molecule has 3 saturated heterocycles. The Kier molecular flexibility index (Phi) is 5.53. The number of halogens is 3. The summed E-state index contributed by atoms with van der Waals surface area (Å²) in [5.41, 5.74) is -1.25. The molecule has 3 fully saturated rings. The van der Waals surface area contributed by atoms with Crippen molar-refractivity contribution in [2.24, 2.45) is 5.41 Å². The van der Waals surface area contributed by atoms with Crippen molar-refractivity contribution < 1.29 is 18.6 Å². The Morgan fingerprint density at radius 1 is 1.00 bits per heavy atom. The molecular weight excluding hydrogens is 316 g/mol. The van der Waals surface area contributed by atoms with Crippen LogP contribution in [0.3, 0.4) is 0 Å². The summed E-state index contributed by atoms with van der Waals surface area (Å²) in [4.78, 5) is 25.6. The van der Waals surface area contributed by atoms with Gasteiger partial charge in [-0.2, -0.15) is 0 Å². The largest absolute Gasteiger partial charge is 0.315 e. The minimum atomic E-state index is -1.25. The van der Waals surface area contributed by atoms with Gasteiger partial charge in [-0.15, -0.1) is 31.6 Å². The first-order chi connectivity index (χ1) is 10.1. The predicted octanol–water partition coefficient (Wildman–Crippen LogP) is 1.22. The molecule has 0 spiro atoms. The van der Waals surface area contributed by atoms with Crippen molar-refractivity contribution in [2.45, 2.75) is 44.2 Å². The van der Waals surface area contributed by atoms with E-state index in [2.05, 4.69) is 5.32 Å². The molecule has 3 heterocycles. The van der Waals surface area contributed by atoms with Crippen LogP contribution in [0.5, 0.6) is 0 Å². The molecule has 0 amide bonds. The van der Waals surface area contributed by atoms with Gasteiger partial charge >= 0.3 is 0 Å². The van der Waals surface area contributed by atoms with Gasteiger partial charge in [0.1, 0.15) is 5.41 Å². The summed E-state index contributed by atoms with van der Waals surface area (Å²) in [5, 5.41) is 4.11. The van der Waals surface area contributed by atoms with Crippen LogP contribution >= 0.6 is 12.4 Å². The first kappa shape index (κ1) is 17.7. The molecule has 3 aliphatic rings. The van der Waals surface area contributed by atoms with Gasteiger partial charge in [-0.3, -0.25) is 9.59 Å². The molecule has 2 atom stereocenters. The third-order valence-corrected chi connectivity index (χ3v) is 5.08. The Balaban J connectivity index is 0.00000176. The van der Waals surface area contributed by atoms with Gasteiger partial charge in [-0.05, 0) is 38.6 Å². The van der Waals surface area contributed by atoms with Crippen molar-refractivity contribution >= 4 is 24.0 Å². The zero-order chi connectivity index (χ0) is 15.0. The average Bonchev–Trinajstić information content (AvgIpc) is 3.18. The third-order valence-electron chi connectivity index (χ3n) is 5.08. The van der Waals surface area contributed by atoms with Crippen LogP contribution in [-0.2, 0) is 9.59 Å². The number of ketones is 2. The molecule has 0 aromatic heterocycles. The molecule has 126 valence electrons. The number of hydrogen-bond donors (Lipinski definition) is 1.